The number of amides is 1. The molecule has 0 aromatic carbocycles. The first-order valence-corrected chi connectivity index (χ1v) is 6.82. The average molecular weight is 294 g/mol. The molecule has 114 valence electrons. The maximum atomic E-state index is 12.1. The lowest BCUT2D eigenvalue weighted by Crippen LogP contribution is -2.44. The first kappa shape index (κ1) is 15.2. The molecule has 2 heterocycles. The van der Waals surface area contributed by atoms with Crippen LogP contribution in [0, 0.1) is 0 Å². The molecular formula is C13H18N4O4. The van der Waals surface area contributed by atoms with Crippen LogP contribution in [0.4, 0.5) is 5.95 Å². The smallest absolute Gasteiger partial charge is 0.332 e. The molecule has 1 fully saturated rings. The predicted molar refractivity (Wildman–Crippen MR) is 73.7 cm³/mol. The number of aliphatic carboxylic acids is 1. The zero-order valence-corrected chi connectivity index (χ0v) is 11.5. The van der Waals surface area contributed by atoms with Crippen molar-refractivity contribution >= 4 is 17.8 Å². The maximum Gasteiger partial charge on any atom is 0.332 e. The Morgan fingerprint density at radius 1 is 1.43 bits per heavy atom. The van der Waals surface area contributed by atoms with Crippen molar-refractivity contribution in [2.75, 3.05) is 18.0 Å². The summed E-state index contributed by atoms with van der Waals surface area (Å²) in [6.07, 6.45) is 3.34. The van der Waals surface area contributed by atoms with Gasteiger partial charge in [0.2, 0.25) is 11.9 Å². The van der Waals surface area contributed by atoms with E-state index in [0.717, 1.165) is 6.42 Å². The number of aliphatic hydroxyl groups excluding tert-OH is 1. The van der Waals surface area contributed by atoms with Crippen molar-refractivity contribution in [1.29, 1.82) is 0 Å². The molecule has 1 aliphatic heterocycles. The first-order chi connectivity index (χ1) is 10.1. The summed E-state index contributed by atoms with van der Waals surface area (Å²) in [7, 11) is 0. The fraction of sp³-hybridized carbons (Fsp3) is 0.538. The van der Waals surface area contributed by atoms with Gasteiger partial charge < -0.3 is 20.4 Å². The molecule has 3 N–H and O–H groups in total. The number of hydrogen-bond acceptors (Lipinski definition) is 6. The summed E-state index contributed by atoms with van der Waals surface area (Å²) in [5.41, 5.74) is 0. The van der Waals surface area contributed by atoms with Gasteiger partial charge in [0.05, 0.1) is 0 Å². The number of aliphatic hydroxyl groups is 1. The van der Waals surface area contributed by atoms with Crippen LogP contribution in [-0.2, 0) is 9.59 Å². The monoisotopic (exact) mass is 294 g/mol. The minimum Gasteiger partial charge on any atom is -0.479 e. The highest BCUT2D eigenvalue weighted by Gasteiger charge is 2.32. The minimum atomic E-state index is -1.46. The van der Waals surface area contributed by atoms with E-state index in [2.05, 4.69) is 15.3 Å². The van der Waals surface area contributed by atoms with E-state index in [9.17, 15) is 9.59 Å². The number of anilines is 1. The number of aromatic nitrogens is 2. The Bertz CT molecular complexity index is 496. The zero-order valence-electron chi connectivity index (χ0n) is 11.5. The Labute approximate surface area is 121 Å². The summed E-state index contributed by atoms with van der Waals surface area (Å²) in [5.74, 6) is -0.970. The fourth-order valence-corrected chi connectivity index (χ4v) is 2.29. The van der Waals surface area contributed by atoms with Gasteiger partial charge >= 0.3 is 5.97 Å². The van der Waals surface area contributed by atoms with E-state index < -0.39 is 12.1 Å². The molecule has 8 heteroatoms. The van der Waals surface area contributed by atoms with Crippen LogP contribution in [0.3, 0.4) is 0 Å². The van der Waals surface area contributed by atoms with Gasteiger partial charge in [0.25, 0.3) is 0 Å². The molecule has 1 unspecified atom stereocenters. The van der Waals surface area contributed by atoms with Gasteiger partial charge in [0.1, 0.15) is 6.04 Å². The zero-order chi connectivity index (χ0) is 15.2. The summed E-state index contributed by atoms with van der Waals surface area (Å²) in [6, 6.07) is 1.36. The van der Waals surface area contributed by atoms with E-state index in [1.54, 1.807) is 18.5 Å². The highest BCUT2D eigenvalue weighted by Crippen LogP contribution is 2.21. The molecule has 0 saturated carbocycles. The van der Waals surface area contributed by atoms with Crippen LogP contribution in [-0.4, -0.2) is 57.3 Å². The lowest BCUT2D eigenvalue weighted by molar-refractivity contribution is -0.147. The molecule has 2 atom stereocenters. The van der Waals surface area contributed by atoms with Crippen LogP contribution < -0.4 is 10.2 Å². The topological polar surface area (TPSA) is 116 Å². The molecule has 0 bridgehead atoms. The summed E-state index contributed by atoms with van der Waals surface area (Å²) in [4.78, 5) is 32.7. The molecule has 0 spiro atoms. The standard InChI is InChI=1S/C13H18N4O4/c18-10(12(20)21)4-7-14-11(19)9-3-1-8-17(9)13-15-5-2-6-16-13/h2,5-6,9-10,18H,1,3-4,7-8H2,(H,14,19)(H,20,21)/t9?,10-/m0/s1. The predicted octanol–water partition coefficient (Wildman–Crippen LogP) is -0.603. The molecule has 8 nitrogen and oxygen atoms in total. The van der Waals surface area contributed by atoms with Gasteiger partial charge in [0.15, 0.2) is 6.10 Å². The lowest BCUT2D eigenvalue weighted by atomic mass is 10.2. The number of hydrogen-bond donors (Lipinski definition) is 3. The Balaban J connectivity index is 1.88. The Morgan fingerprint density at radius 2 is 2.14 bits per heavy atom. The van der Waals surface area contributed by atoms with Gasteiger partial charge in [-0.3, -0.25) is 4.79 Å². The lowest BCUT2D eigenvalue weighted by Gasteiger charge is -2.23. The van der Waals surface area contributed by atoms with Crippen LogP contribution >= 0.6 is 0 Å². The van der Waals surface area contributed by atoms with Crippen LogP contribution in [0.2, 0.25) is 0 Å². The average Bonchev–Trinajstić information content (AvgIpc) is 2.97. The SMILES string of the molecule is O=C(NCC[C@H](O)C(=O)O)C1CCCN1c1ncccn1. The van der Waals surface area contributed by atoms with E-state index in [0.29, 0.717) is 18.9 Å². The first-order valence-electron chi connectivity index (χ1n) is 6.82. The number of carboxylic acids is 1. The highest BCUT2D eigenvalue weighted by atomic mass is 16.4. The van der Waals surface area contributed by atoms with Crippen LogP contribution in [0.25, 0.3) is 0 Å². The number of nitrogens with zero attached hydrogens (tertiary/aromatic N) is 3. The van der Waals surface area contributed by atoms with E-state index in [1.807, 2.05) is 4.90 Å². The van der Waals surface area contributed by atoms with Crippen molar-refractivity contribution in [2.24, 2.45) is 0 Å². The maximum absolute atomic E-state index is 12.1. The molecule has 0 aliphatic carbocycles. The van der Waals surface area contributed by atoms with E-state index in [4.69, 9.17) is 10.2 Å². The summed E-state index contributed by atoms with van der Waals surface area (Å²) < 4.78 is 0. The fourth-order valence-electron chi connectivity index (χ4n) is 2.29. The molecule has 0 radical (unpaired) electrons. The van der Waals surface area contributed by atoms with Gasteiger partial charge in [-0.2, -0.15) is 0 Å². The van der Waals surface area contributed by atoms with Crippen molar-refractivity contribution in [2.45, 2.75) is 31.4 Å². The van der Waals surface area contributed by atoms with Gasteiger partial charge in [0, 0.05) is 31.9 Å². The van der Waals surface area contributed by atoms with Crippen molar-refractivity contribution in [3.63, 3.8) is 0 Å². The summed E-state index contributed by atoms with van der Waals surface area (Å²) in [6.45, 7) is 0.826. The van der Waals surface area contributed by atoms with Crippen LogP contribution in [0.1, 0.15) is 19.3 Å². The normalized spacial score (nSPS) is 19.3. The molecule has 1 amide bonds. The molecule has 21 heavy (non-hydrogen) atoms. The molecule has 2 rings (SSSR count). The Morgan fingerprint density at radius 3 is 2.81 bits per heavy atom. The third-order valence-corrected chi connectivity index (χ3v) is 3.37. The molecule has 1 saturated heterocycles. The second-order valence-electron chi connectivity index (χ2n) is 4.83. The number of rotatable bonds is 6. The molecule has 1 aromatic rings. The van der Waals surface area contributed by atoms with Gasteiger partial charge in [-0.1, -0.05) is 0 Å². The number of nitrogens with one attached hydrogen (secondary N) is 1. The van der Waals surface area contributed by atoms with E-state index in [-0.39, 0.29) is 24.9 Å². The van der Waals surface area contributed by atoms with Gasteiger partial charge in [-0.25, -0.2) is 14.8 Å². The minimum absolute atomic E-state index is 0.0182. The van der Waals surface area contributed by atoms with Crippen molar-refractivity contribution in [1.82, 2.24) is 15.3 Å². The number of carboxylic acid groups (broad SMARTS) is 1. The molecule has 1 aromatic heterocycles. The van der Waals surface area contributed by atoms with Crippen molar-refractivity contribution in [3.8, 4) is 0 Å². The molecular weight excluding hydrogens is 276 g/mol. The van der Waals surface area contributed by atoms with Gasteiger partial charge in [-0.15, -0.1) is 0 Å². The van der Waals surface area contributed by atoms with Crippen LogP contribution in [0.5, 0.6) is 0 Å². The number of carbonyl (C=O) groups excluding carboxylic acids is 1. The van der Waals surface area contributed by atoms with E-state index in [1.165, 1.54) is 0 Å². The largest absolute Gasteiger partial charge is 0.479 e. The third kappa shape index (κ3) is 3.88. The Kier molecular flexibility index (Phi) is 5.04. The van der Waals surface area contributed by atoms with E-state index >= 15 is 0 Å². The third-order valence-electron chi connectivity index (χ3n) is 3.37. The number of carbonyl (C=O) groups is 2. The van der Waals surface area contributed by atoms with Gasteiger partial charge in [-0.05, 0) is 18.9 Å². The quantitative estimate of drug-likeness (QED) is 0.641. The van der Waals surface area contributed by atoms with Crippen LogP contribution in [0.15, 0.2) is 18.5 Å². The van der Waals surface area contributed by atoms with Crippen molar-refractivity contribution < 1.29 is 19.8 Å². The molecule has 1 aliphatic rings. The summed E-state index contributed by atoms with van der Waals surface area (Å²) >= 11 is 0. The highest BCUT2D eigenvalue weighted by molar-refractivity contribution is 5.85. The second kappa shape index (κ2) is 6.98. The summed E-state index contributed by atoms with van der Waals surface area (Å²) in [5, 5.41) is 20.4. The Hall–Kier alpha value is -2.22. The second-order valence-corrected chi connectivity index (χ2v) is 4.83. The van der Waals surface area contributed by atoms with Crippen molar-refractivity contribution in [3.05, 3.63) is 18.5 Å².